The molecule has 7 nitrogen and oxygen atoms in total. The first-order chi connectivity index (χ1) is 12.1. The van der Waals surface area contributed by atoms with Crippen LogP contribution >= 0.6 is 0 Å². The predicted molar refractivity (Wildman–Crippen MR) is 97.6 cm³/mol. The lowest BCUT2D eigenvalue weighted by Crippen LogP contribution is -2.40. The van der Waals surface area contributed by atoms with Gasteiger partial charge in [-0.25, -0.2) is 4.68 Å². The molecule has 0 unspecified atom stereocenters. The number of aryl methyl sites for hydroxylation is 1. The van der Waals surface area contributed by atoms with E-state index in [2.05, 4.69) is 32.2 Å². The smallest absolute Gasteiger partial charge is 0.268 e. The fourth-order valence-electron chi connectivity index (χ4n) is 3.22. The Morgan fingerprint density at radius 3 is 2.76 bits per heavy atom. The minimum absolute atomic E-state index is 0.0564. The molecule has 3 heterocycles. The van der Waals surface area contributed by atoms with Gasteiger partial charge in [0.2, 0.25) is 0 Å². The molecule has 3 rings (SSSR count). The Bertz CT molecular complexity index is 724. The Morgan fingerprint density at radius 2 is 2.08 bits per heavy atom. The SMILES string of the molecule is C[C@@H](Cc1cnccn1)NCC1CCN(c2cnn(C)c(=O)c2)CC1. The molecule has 0 aliphatic carbocycles. The van der Waals surface area contributed by atoms with Crippen LogP contribution in [0.1, 0.15) is 25.5 Å². The largest absolute Gasteiger partial charge is 0.370 e. The zero-order chi connectivity index (χ0) is 17.6. The minimum Gasteiger partial charge on any atom is -0.370 e. The topological polar surface area (TPSA) is 75.9 Å². The normalized spacial score (nSPS) is 16.8. The maximum absolute atomic E-state index is 11.7. The second-order valence-electron chi connectivity index (χ2n) is 6.82. The summed E-state index contributed by atoms with van der Waals surface area (Å²) >= 11 is 0. The highest BCUT2D eigenvalue weighted by molar-refractivity contribution is 5.43. The summed E-state index contributed by atoms with van der Waals surface area (Å²) in [7, 11) is 1.67. The van der Waals surface area contributed by atoms with Crippen LogP contribution in [0.2, 0.25) is 0 Å². The number of nitrogens with zero attached hydrogens (tertiary/aromatic N) is 5. The van der Waals surface area contributed by atoms with Crippen LogP contribution < -0.4 is 15.8 Å². The van der Waals surface area contributed by atoms with Crippen molar-refractivity contribution in [1.82, 2.24) is 25.1 Å². The van der Waals surface area contributed by atoms with E-state index in [1.807, 2.05) is 6.20 Å². The highest BCUT2D eigenvalue weighted by Crippen LogP contribution is 2.21. The third-order valence-corrected chi connectivity index (χ3v) is 4.82. The molecule has 0 amide bonds. The van der Waals surface area contributed by atoms with E-state index in [0.717, 1.165) is 50.3 Å². The molecule has 1 aliphatic heterocycles. The standard InChI is InChI=1S/C18H26N6O/c1-14(9-16-12-19-5-6-20-16)21-11-15-3-7-24(8-4-15)17-10-18(25)23(2)22-13-17/h5-6,10,12-15,21H,3-4,7-9,11H2,1-2H3/t14-/m0/s1. The molecule has 2 aromatic heterocycles. The van der Waals surface area contributed by atoms with Crippen molar-refractivity contribution in [3.63, 3.8) is 0 Å². The maximum Gasteiger partial charge on any atom is 0.268 e. The van der Waals surface area contributed by atoms with Crippen molar-refractivity contribution in [3.05, 3.63) is 46.9 Å². The number of piperidine rings is 1. The van der Waals surface area contributed by atoms with E-state index in [0.29, 0.717) is 12.0 Å². The number of aromatic nitrogens is 4. The molecule has 0 spiro atoms. The summed E-state index contributed by atoms with van der Waals surface area (Å²) in [5, 5.41) is 7.73. The van der Waals surface area contributed by atoms with Crippen molar-refractivity contribution in [2.24, 2.45) is 13.0 Å². The fourth-order valence-corrected chi connectivity index (χ4v) is 3.22. The zero-order valence-corrected chi connectivity index (χ0v) is 14.9. The van der Waals surface area contributed by atoms with Crippen LogP contribution in [-0.2, 0) is 13.5 Å². The monoisotopic (exact) mass is 342 g/mol. The van der Waals surface area contributed by atoms with Crippen LogP contribution in [0, 0.1) is 5.92 Å². The Labute approximate surface area is 148 Å². The molecule has 0 saturated carbocycles. The second-order valence-corrected chi connectivity index (χ2v) is 6.82. The minimum atomic E-state index is -0.0564. The fraction of sp³-hybridized carbons (Fsp3) is 0.556. The van der Waals surface area contributed by atoms with Gasteiger partial charge in [-0.15, -0.1) is 0 Å². The molecule has 0 aromatic carbocycles. The van der Waals surface area contributed by atoms with Gasteiger partial charge in [0, 0.05) is 57.3 Å². The second kappa shape index (κ2) is 8.20. The van der Waals surface area contributed by atoms with Gasteiger partial charge in [0.05, 0.1) is 17.6 Å². The number of anilines is 1. The van der Waals surface area contributed by atoms with Crippen LogP contribution in [-0.4, -0.2) is 45.4 Å². The van der Waals surface area contributed by atoms with E-state index in [4.69, 9.17) is 0 Å². The van der Waals surface area contributed by atoms with Crippen LogP contribution in [0.25, 0.3) is 0 Å². The van der Waals surface area contributed by atoms with Gasteiger partial charge in [-0.2, -0.15) is 5.10 Å². The first kappa shape index (κ1) is 17.5. The highest BCUT2D eigenvalue weighted by atomic mass is 16.1. The lowest BCUT2D eigenvalue weighted by molar-refractivity contribution is 0.364. The van der Waals surface area contributed by atoms with E-state index < -0.39 is 0 Å². The van der Waals surface area contributed by atoms with Crippen molar-refractivity contribution in [3.8, 4) is 0 Å². The van der Waals surface area contributed by atoms with Crippen molar-refractivity contribution in [2.45, 2.75) is 32.2 Å². The first-order valence-corrected chi connectivity index (χ1v) is 8.88. The van der Waals surface area contributed by atoms with Crippen molar-refractivity contribution >= 4 is 5.69 Å². The van der Waals surface area contributed by atoms with Crippen molar-refractivity contribution in [2.75, 3.05) is 24.5 Å². The maximum atomic E-state index is 11.7. The van der Waals surface area contributed by atoms with Gasteiger partial charge >= 0.3 is 0 Å². The van der Waals surface area contributed by atoms with Crippen molar-refractivity contribution < 1.29 is 0 Å². The molecular weight excluding hydrogens is 316 g/mol. The van der Waals surface area contributed by atoms with Crippen LogP contribution in [0.4, 0.5) is 5.69 Å². The van der Waals surface area contributed by atoms with Gasteiger partial charge in [-0.1, -0.05) is 0 Å². The molecule has 1 saturated heterocycles. The molecule has 134 valence electrons. The lowest BCUT2D eigenvalue weighted by Gasteiger charge is -2.33. The molecule has 1 atom stereocenters. The van der Waals surface area contributed by atoms with Gasteiger partial charge in [0.15, 0.2) is 0 Å². The molecule has 1 N–H and O–H groups in total. The van der Waals surface area contributed by atoms with Gasteiger partial charge in [-0.05, 0) is 32.2 Å². The van der Waals surface area contributed by atoms with E-state index in [-0.39, 0.29) is 5.56 Å². The third kappa shape index (κ3) is 4.85. The van der Waals surface area contributed by atoms with Crippen LogP contribution in [0.3, 0.4) is 0 Å². The Balaban J connectivity index is 1.43. The van der Waals surface area contributed by atoms with Crippen LogP contribution in [0.15, 0.2) is 35.6 Å². The number of rotatable bonds is 6. The number of nitrogens with one attached hydrogen (secondary N) is 1. The first-order valence-electron chi connectivity index (χ1n) is 8.88. The molecule has 1 fully saturated rings. The summed E-state index contributed by atoms with van der Waals surface area (Å²) < 4.78 is 1.36. The molecular formula is C18H26N6O. The Hall–Kier alpha value is -2.28. The molecule has 2 aromatic rings. The predicted octanol–water partition coefficient (Wildman–Crippen LogP) is 1.01. The Morgan fingerprint density at radius 1 is 1.28 bits per heavy atom. The molecule has 7 heteroatoms. The van der Waals surface area contributed by atoms with Crippen LogP contribution in [0.5, 0.6) is 0 Å². The molecule has 1 aliphatic rings. The van der Waals surface area contributed by atoms with Gasteiger partial charge < -0.3 is 10.2 Å². The van der Waals surface area contributed by atoms with E-state index in [1.165, 1.54) is 4.68 Å². The summed E-state index contributed by atoms with van der Waals surface area (Å²) in [6, 6.07) is 2.06. The van der Waals surface area contributed by atoms with Gasteiger partial charge in [0.1, 0.15) is 0 Å². The van der Waals surface area contributed by atoms with E-state index in [9.17, 15) is 4.79 Å². The zero-order valence-electron chi connectivity index (χ0n) is 14.9. The number of hydrogen-bond donors (Lipinski definition) is 1. The number of hydrogen-bond acceptors (Lipinski definition) is 6. The lowest BCUT2D eigenvalue weighted by atomic mass is 9.96. The summed E-state index contributed by atoms with van der Waals surface area (Å²) in [6.07, 6.45) is 10.2. The summed E-state index contributed by atoms with van der Waals surface area (Å²) in [6.45, 7) is 5.15. The highest BCUT2D eigenvalue weighted by Gasteiger charge is 2.20. The summed E-state index contributed by atoms with van der Waals surface area (Å²) in [5.41, 5.74) is 1.90. The van der Waals surface area contributed by atoms with Gasteiger partial charge in [-0.3, -0.25) is 14.8 Å². The van der Waals surface area contributed by atoms with Gasteiger partial charge in [0.25, 0.3) is 5.56 Å². The molecule has 0 bridgehead atoms. The summed E-state index contributed by atoms with van der Waals surface area (Å²) in [4.78, 5) is 22.4. The quantitative estimate of drug-likeness (QED) is 0.844. The average Bonchev–Trinajstić information content (AvgIpc) is 2.64. The van der Waals surface area contributed by atoms with E-state index >= 15 is 0 Å². The van der Waals surface area contributed by atoms with E-state index in [1.54, 1.807) is 31.7 Å². The average molecular weight is 342 g/mol. The third-order valence-electron chi connectivity index (χ3n) is 4.82. The van der Waals surface area contributed by atoms with Crippen molar-refractivity contribution in [1.29, 1.82) is 0 Å². The Kier molecular flexibility index (Phi) is 5.75. The summed E-state index contributed by atoms with van der Waals surface area (Å²) in [5.74, 6) is 0.667. The molecule has 25 heavy (non-hydrogen) atoms. The molecule has 0 radical (unpaired) electrons.